The Morgan fingerprint density at radius 1 is 1.32 bits per heavy atom. The molecule has 1 aromatic carbocycles. The number of hydrogen-bond donors (Lipinski definition) is 1. The molecule has 1 aliphatic heterocycles. The molecule has 0 unspecified atom stereocenters. The number of nitrogens with zero attached hydrogens (tertiary/aromatic N) is 1. The van der Waals surface area contributed by atoms with E-state index in [1.165, 1.54) is 0 Å². The average molecular weight is 258 g/mol. The van der Waals surface area contributed by atoms with E-state index >= 15 is 0 Å². The van der Waals surface area contributed by atoms with Gasteiger partial charge < -0.3 is 10.1 Å². The Hall–Kier alpha value is -1.86. The van der Waals surface area contributed by atoms with Crippen LogP contribution in [-0.4, -0.2) is 19.1 Å². The zero-order valence-electron chi connectivity index (χ0n) is 11.3. The third-order valence-corrected chi connectivity index (χ3v) is 3.71. The minimum Gasteiger partial charge on any atom is -0.381 e. The zero-order valence-corrected chi connectivity index (χ0v) is 11.3. The number of nitriles is 1. The Balaban J connectivity index is 2.23. The molecule has 1 N–H and O–H groups in total. The van der Waals surface area contributed by atoms with E-state index in [4.69, 9.17) is 4.74 Å². The van der Waals surface area contributed by atoms with E-state index in [2.05, 4.69) is 11.4 Å². The molecule has 4 heteroatoms. The van der Waals surface area contributed by atoms with Crippen LogP contribution in [-0.2, 0) is 9.53 Å². The van der Waals surface area contributed by atoms with E-state index in [0.29, 0.717) is 26.1 Å². The summed E-state index contributed by atoms with van der Waals surface area (Å²) >= 11 is 0. The molecular formula is C15H18N2O2. The summed E-state index contributed by atoms with van der Waals surface area (Å²) in [5.41, 5.74) is 1.88. The minimum atomic E-state index is -0.951. The largest absolute Gasteiger partial charge is 0.381 e. The Labute approximate surface area is 113 Å². The lowest BCUT2D eigenvalue weighted by Gasteiger charge is -2.29. The van der Waals surface area contributed by atoms with Crippen molar-refractivity contribution in [3.8, 4) is 6.07 Å². The SMILES string of the molecule is Cc1cccc(C)c1NC(=O)C1(C#N)CCOCC1. The number of para-hydroxylation sites is 1. The van der Waals surface area contributed by atoms with Crippen LogP contribution in [0.15, 0.2) is 18.2 Å². The number of aryl methyl sites for hydroxylation is 2. The maximum Gasteiger partial charge on any atom is 0.245 e. The van der Waals surface area contributed by atoms with Crippen LogP contribution in [0.2, 0.25) is 0 Å². The van der Waals surface area contributed by atoms with Gasteiger partial charge >= 0.3 is 0 Å². The smallest absolute Gasteiger partial charge is 0.245 e. The molecule has 0 atom stereocenters. The zero-order chi connectivity index (χ0) is 13.9. The van der Waals surface area contributed by atoms with Gasteiger partial charge in [0.15, 0.2) is 0 Å². The fourth-order valence-corrected chi connectivity index (χ4v) is 2.35. The quantitative estimate of drug-likeness (QED) is 0.886. The van der Waals surface area contributed by atoms with E-state index in [1.807, 2.05) is 32.0 Å². The number of carbonyl (C=O) groups is 1. The summed E-state index contributed by atoms with van der Waals surface area (Å²) in [6.45, 7) is 4.83. The molecule has 1 aliphatic rings. The first-order valence-corrected chi connectivity index (χ1v) is 6.46. The number of rotatable bonds is 2. The fourth-order valence-electron chi connectivity index (χ4n) is 2.35. The predicted molar refractivity (Wildman–Crippen MR) is 72.6 cm³/mol. The van der Waals surface area contributed by atoms with Crippen molar-refractivity contribution >= 4 is 11.6 Å². The highest BCUT2D eigenvalue weighted by Gasteiger charge is 2.40. The van der Waals surface area contributed by atoms with Gasteiger partial charge in [-0.25, -0.2) is 0 Å². The van der Waals surface area contributed by atoms with Gasteiger partial charge in [0.05, 0.1) is 6.07 Å². The minimum absolute atomic E-state index is 0.212. The highest BCUT2D eigenvalue weighted by molar-refractivity contribution is 5.98. The molecule has 19 heavy (non-hydrogen) atoms. The van der Waals surface area contributed by atoms with Gasteiger partial charge in [0, 0.05) is 18.9 Å². The number of hydrogen-bond acceptors (Lipinski definition) is 3. The van der Waals surface area contributed by atoms with Gasteiger partial charge in [-0.05, 0) is 37.8 Å². The summed E-state index contributed by atoms with van der Waals surface area (Å²) in [5, 5.41) is 12.3. The van der Waals surface area contributed by atoms with Crippen molar-refractivity contribution in [2.24, 2.45) is 5.41 Å². The molecule has 1 amide bonds. The number of anilines is 1. The first kappa shape index (κ1) is 13.6. The maximum absolute atomic E-state index is 12.4. The first-order valence-electron chi connectivity index (χ1n) is 6.46. The fraction of sp³-hybridized carbons (Fsp3) is 0.467. The number of amides is 1. The third kappa shape index (κ3) is 2.61. The Morgan fingerprint density at radius 3 is 2.42 bits per heavy atom. The lowest BCUT2D eigenvalue weighted by atomic mass is 9.80. The highest BCUT2D eigenvalue weighted by atomic mass is 16.5. The van der Waals surface area contributed by atoms with Gasteiger partial charge in [-0.2, -0.15) is 5.26 Å². The summed E-state index contributed by atoms with van der Waals surface area (Å²) in [6.07, 6.45) is 0.917. The molecule has 0 radical (unpaired) electrons. The molecule has 1 fully saturated rings. The molecule has 0 aromatic heterocycles. The van der Waals surface area contributed by atoms with E-state index in [0.717, 1.165) is 16.8 Å². The van der Waals surface area contributed by atoms with Crippen LogP contribution in [0.25, 0.3) is 0 Å². The molecule has 4 nitrogen and oxygen atoms in total. The number of benzene rings is 1. The topological polar surface area (TPSA) is 62.1 Å². The van der Waals surface area contributed by atoms with Gasteiger partial charge in [-0.15, -0.1) is 0 Å². The molecule has 0 aliphatic carbocycles. The van der Waals surface area contributed by atoms with Crippen LogP contribution in [0.1, 0.15) is 24.0 Å². The Kier molecular flexibility index (Phi) is 3.87. The molecule has 1 heterocycles. The van der Waals surface area contributed by atoms with Gasteiger partial charge in [-0.1, -0.05) is 18.2 Å². The van der Waals surface area contributed by atoms with E-state index < -0.39 is 5.41 Å². The molecule has 1 aromatic rings. The van der Waals surface area contributed by atoms with Crippen molar-refractivity contribution in [2.45, 2.75) is 26.7 Å². The van der Waals surface area contributed by atoms with Gasteiger partial charge in [0.2, 0.25) is 5.91 Å². The van der Waals surface area contributed by atoms with Crippen molar-refractivity contribution in [1.29, 1.82) is 5.26 Å². The van der Waals surface area contributed by atoms with Crippen molar-refractivity contribution < 1.29 is 9.53 Å². The average Bonchev–Trinajstić information content (AvgIpc) is 2.43. The Morgan fingerprint density at radius 2 is 1.89 bits per heavy atom. The van der Waals surface area contributed by atoms with Crippen LogP contribution >= 0.6 is 0 Å². The summed E-state index contributed by atoms with van der Waals surface area (Å²) in [4.78, 5) is 12.4. The van der Waals surface area contributed by atoms with Gasteiger partial charge in [0.1, 0.15) is 5.41 Å². The molecule has 0 saturated carbocycles. The number of nitrogens with one attached hydrogen (secondary N) is 1. The van der Waals surface area contributed by atoms with E-state index in [-0.39, 0.29) is 5.91 Å². The van der Waals surface area contributed by atoms with Crippen molar-refractivity contribution in [2.75, 3.05) is 18.5 Å². The maximum atomic E-state index is 12.4. The second-order valence-corrected chi connectivity index (χ2v) is 5.03. The lowest BCUT2D eigenvalue weighted by molar-refractivity contribution is -0.126. The molecule has 0 bridgehead atoms. The summed E-state index contributed by atoms with van der Waals surface area (Å²) in [7, 11) is 0. The normalized spacial score (nSPS) is 17.5. The predicted octanol–water partition coefficient (Wildman–Crippen LogP) is 2.56. The lowest BCUT2D eigenvalue weighted by Crippen LogP contribution is -2.40. The molecule has 0 spiro atoms. The highest BCUT2D eigenvalue weighted by Crippen LogP contribution is 2.32. The number of ether oxygens (including phenoxy) is 1. The third-order valence-electron chi connectivity index (χ3n) is 3.71. The summed E-state index contributed by atoms with van der Waals surface area (Å²) in [5.74, 6) is -0.212. The monoisotopic (exact) mass is 258 g/mol. The van der Waals surface area contributed by atoms with Gasteiger partial charge in [-0.3, -0.25) is 4.79 Å². The molecule has 100 valence electrons. The molecular weight excluding hydrogens is 240 g/mol. The second kappa shape index (κ2) is 5.41. The first-order chi connectivity index (χ1) is 9.09. The summed E-state index contributed by atoms with van der Waals surface area (Å²) < 4.78 is 5.24. The van der Waals surface area contributed by atoms with Crippen molar-refractivity contribution in [1.82, 2.24) is 0 Å². The van der Waals surface area contributed by atoms with Crippen LogP contribution in [0.4, 0.5) is 5.69 Å². The van der Waals surface area contributed by atoms with Crippen molar-refractivity contribution in [3.05, 3.63) is 29.3 Å². The van der Waals surface area contributed by atoms with Crippen LogP contribution in [0.5, 0.6) is 0 Å². The number of carbonyl (C=O) groups excluding carboxylic acids is 1. The van der Waals surface area contributed by atoms with Crippen LogP contribution in [0, 0.1) is 30.6 Å². The summed E-state index contributed by atoms with van der Waals surface area (Å²) in [6, 6.07) is 8.04. The van der Waals surface area contributed by atoms with E-state index in [1.54, 1.807) is 0 Å². The standard InChI is InChI=1S/C15H18N2O2/c1-11-4-3-5-12(2)13(11)17-14(18)15(10-16)6-8-19-9-7-15/h3-5H,6-9H2,1-2H3,(H,17,18). The van der Waals surface area contributed by atoms with Crippen molar-refractivity contribution in [3.63, 3.8) is 0 Å². The molecule has 1 saturated heterocycles. The van der Waals surface area contributed by atoms with E-state index in [9.17, 15) is 10.1 Å². The van der Waals surface area contributed by atoms with Crippen LogP contribution < -0.4 is 5.32 Å². The Bertz CT molecular complexity index is 505. The molecule has 2 rings (SSSR count). The van der Waals surface area contributed by atoms with Gasteiger partial charge in [0.25, 0.3) is 0 Å². The second-order valence-electron chi connectivity index (χ2n) is 5.03. The van der Waals surface area contributed by atoms with Crippen LogP contribution in [0.3, 0.4) is 0 Å².